The number of alkyl halides is 1. The molecule has 0 aliphatic rings. The van der Waals surface area contributed by atoms with Gasteiger partial charge in [0.25, 0.3) is 0 Å². The Morgan fingerprint density at radius 1 is 1.25 bits per heavy atom. The Labute approximate surface area is 103 Å². The summed E-state index contributed by atoms with van der Waals surface area (Å²) in [6.07, 6.45) is 0. The van der Waals surface area contributed by atoms with Crippen molar-refractivity contribution in [2.75, 3.05) is 5.33 Å². The molecule has 0 aliphatic carbocycles. The van der Waals surface area contributed by atoms with E-state index in [1.165, 1.54) is 0 Å². The minimum atomic E-state index is -0.278. The van der Waals surface area contributed by atoms with Crippen molar-refractivity contribution in [1.29, 1.82) is 0 Å². The fourth-order valence-corrected chi connectivity index (χ4v) is 1.34. The van der Waals surface area contributed by atoms with Crippen molar-refractivity contribution in [2.45, 2.75) is 13.8 Å². The molecule has 0 aromatic heterocycles. The Morgan fingerprint density at radius 3 is 2.25 bits per heavy atom. The fourth-order valence-electron chi connectivity index (χ4n) is 1.02. The van der Waals surface area contributed by atoms with Crippen molar-refractivity contribution in [1.82, 2.24) is 0 Å². The van der Waals surface area contributed by atoms with E-state index in [0.717, 1.165) is 0 Å². The Bertz CT molecular complexity index is 382. The van der Waals surface area contributed by atoms with Crippen molar-refractivity contribution < 1.29 is 14.3 Å². The maximum atomic E-state index is 11.3. The molecule has 0 heterocycles. The normalized spacial score (nSPS) is 10.2. The summed E-state index contributed by atoms with van der Waals surface area (Å²) in [5.74, 6) is 0.0231. The zero-order valence-corrected chi connectivity index (χ0v) is 10.8. The highest BCUT2D eigenvalue weighted by Gasteiger charge is 2.10. The van der Waals surface area contributed by atoms with Gasteiger partial charge < -0.3 is 4.74 Å². The van der Waals surface area contributed by atoms with Gasteiger partial charge in [-0.1, -0.05) is 29.8 Å². The Balaban J connectivity index is 2.72. The van der Waals surface area contributed by atoms with Crippen molar-refractivity contribution >= 4 is 27.7 Å². The summed E-state index contributed by atoms with van der Waals surface area (Å²) in [4.78, 5) is 22.6. The molecule has 3 nitrogen and oxygen atoms in total. The van der Waals surface area contributed by atoms with Gasteiger partial charge in [-0.2, -0.15) is 0 Å². The van der Waals surface area contributed by atoms with E-state index in [1.54, 1.807) is 38.1 Å². The van der Waals surface area contributed by atoms with E-state index in [2.05, 4.69) is 15.9 Å². The minimum Gasteiger partial charge on any atom is -0.426 e. The maximum absolute atomic E-state index is 11.3. The molecule has 0 N–H and O–H groups in total. The second-order valence-corrected chi connectivity index (χ2v) is 4.22. The number of Topliss-reactive ketones (excluding diaryl/α,β-unsaturated/α-hetero) is 1. The molecule has 0 saturated carbocycles. The highest BCUT2D eigenvalue weighted by atomic mass is 79.9. The molecule has 0 bridgehead atoms. The Kier molecular flexibility index (Phi) is 4.68. The van der Waals surface area contributed by atoms with Crippen LogP contribution in [0.25, 0.3) is 0 Å². The lowest BCUT2D eigenvalue weighted by atomic mass is 10.1. The molecule has 0 amide bonds. The first-order valence-electron chi connectivity index (χ1n) is 4.95. The number of rotatable bonds is 4. The lowest BCUT2D eigenvalue weighted by Gasteiger charge is -2.06. The number of ether oxygens (including phenoxy) is 1. The zero-order chi connectivity index (χ0) is 12.1. The van der Waals surface area contributed by atoms with E-state index in [4.69, 9.17) is 4.74 Å². The number of hydrogen-bond donors (Lipinski definition) is 0. The van der Waals surface area contributed by atoms with E-state index in [1.807, 2.05) is 0 Å². The highest BCUT2D eigenvalue weighted by Crippen LogP contribution is 2.14. The molecule has 86 valence electrons. The average Bonchev–Trinajstić information content (AvgIpc) is 2.28. The predicted octanol–water partition coefficient (Wildman–Crippen LogP) is 2.83. The van der Waals surface area contributed by atoms with Crippen LogP contribution in [-0.2, 0) is 4.79 Å². The van der Waals surface area contributed by atoms with E-state index < -0.39 is 0 Å². The SMILES string of the molecule is CC(C)C(=O)Oc1ccc(C(=O)CBr)cc1. The van der Waals surface area contributed by atoms with Gasteiger partial charge in [-0.25, -0.2) is 0 Å². The maximum Gasteiger partial charge on any atom is 0.313 e. The quantitative estimate of drug-likeness (QED) is 0.370. The van der Waals surface area contributed by atoms with E-state index >= 15 is 0 Å². The third-order valence-electron chi connectivity index (χ3n) is 1.99. The second-order valence-electron chi connectivity index (χ2n) is 3.66. The Hall–Kier alpha value is -1.16. The highest BCUT2D eigenvalue weighted by molar-refractivity contribution is 9.09. The van der Waals surface area contributed by atoms with Crippen molar-refractivity contribution in [3.8, 4) is 5.75 Å². The van der Waals surface area contributed by atoms with Crippen LogP contribution in [0.1, 0.15) is 24.2 Å². The smallest absolute Gasteiger partial charge is 0.313 e. The molecule has 0 fully saturated rings. The summed E-state index contributed by atoms with van der Waals surface area (Å²) in [5, 5.41) is 0.290. The number of benzene rings is 1. The number of carbonyl (C=O) groups is 2. The third kappa shape index (κ3) is 3.45. The fraction of sp³-hybridized carbons (Fsp3) is 0.333. The molecule has 1 aromatic rings. The number of esters is 1. The lowest BCUT2D eigenvalue weighted by molar-refractivity contribution is -0.137. The van der Waals surface area contributed by atoms with Gasteiger partial charge in [0.05, 0.1) is 11.2 Å². The van der Waals surface area contributed by atoms with Gasteiger partial charge in [-0.3, -0.25) is 9.59 Å². The van der Waals surface area contributed by atoms with Crippen LogP contribution in [-0.4, -0.2) is 17.1 Å². The summed E-state index contributed by atoms with van der Waals surface area (Å²) in [5.41, 5.74) is 0.598. The van der Waals surface area contributed by atoms with Crippen LogP contribution in [0, 0.1) is 5.92 Å². The van der Waals surface area contributed by atoms with Gasteiger partial charge in [0, 0.05) is 5.56 Å². The summed E-state index contributed by atoms with van der Waals surface area (Å²) < 4.78 is 5.08. The van der Waals surface area contributed by atoms with Crippen LogP contribution in [0.5, 0.6) is 5.75 Å². The van der Waals surface area contributed by atoms with Gasteiger partial charge in [-0.15, -0.1) is 0 Å². The number of hydrogen-bond acceptors (Lipinski definition) is 3. The molecule has 1 rings (SSSR count). The molecule has 0 spiro atoms. The summed E-state index contributed by atoms with van der Waals surface area (Å²) in [6, 6.07) is 6.53. The Morgan fingerprint density at radius 2 is 1.81 bits per heavy atom. The molecule has 4 heteroatoms. The van der Waals surface area contributed by atoms with E-state index in [-0.39, 0.29) is 23.0 Å². The molecule has 0 atom stereocenters. The van der Waals surface area contributed by atoms with Crippen LogP contribution in [0.2, 0.25) is 0 Å². The first-order chi connectivity index (χ1) is 7.54. The van der Waals surface area contributed by atoms with Crippen molar-refractivity contribution in [3.05, 3.63) is 29.8 Å². The molecule has 16 heavy (non-hydrogen) atoms. The van der Waals surface area contributed by atoms with Gasteiger partial charge in [0.15, 0.2) is 5.78 Å². The largest absolute Gasteiger partial charge is 0.426 e. The molecule has 0 aliphatic heterocycles. The van der Waals surface area contributed by atoms with E-state index in [9.17, 15) is 9.59 Å². The van der Waals surface area contributed by atoms with Crippen LogP contribution in [0.15, 0.2) is 24.3 Å². The summed E-state index contributed by atoms with van der Waals surface area (Å²) in [6.45, 7) is 3.54. The van der Waals surface area contributed by atoms with Crippen molar-refractivity contribution in [2.24, 2.45) is 5.92 Å². The standard InChI is InChI=1S/C12H13BrO3/c1-8(2)12(15)16-10-5-3-9(4-6-10)11(14)7-13/h3-6,8H,7H2,1-2H3. The van der Waals surface area contributed by atoms with Gasteiger partial charge >= 0.3 is 5.97 Å². The molecule has 0 unspecified atom stereocenters. The van der Waals surface area contributed by atoms with Gasteiger partial charge in [-0.05, 0) is 24.3 Å². The van der Waals surface area contributed by atoms with Gasteiger partial charge in [0.1, 0.15) is 5.75 Å². The summed E-state index contributed by atoms with van der Waals surface area (Å²) >= 11 is 3.09. The third-order valence-corrected chi connectivity index (χ3v) is 2.50. The monoisotopic (exact) mass is 284 g/mol. The number of ketones is 1. The lowest BCUT2D eigenvalue weighted by Crippen LogP contribution is -2.14. The van der Waals surface area contributed by atoms with Crippen LogP contribution < -0.4 is 4.74 Å². The first-order valence-corrected chi connectivity index (χ1v) is 6.07. The molecular formula is C12H13BrO3. The molecule has 0 radical (unpaired) electrons. The molecular weight excluding hydrogens is 272 g/mol. The van der Waals surface area contributed by atoms with E-state index in [0.29, 0.717) is 11.3 Å². The first kappa shape index (κ1) is 12.9. The molecule has 1 aromatic carbocycles. The van der Waals surface area contributed by atoms with Crippen LogP contribution >= 0.6 is 15.9 Å². The number of halogens is 1. The second kappa shape index (κ2) is 5.80. The topological polar surface area (TPSA) is 43.4 Å². The van der Waals surface area contributed by atoms with Gasteiger partial charge in [0.2, 0.25) is 0 Å². The van der Waals surface area contributed by atoms with Crippen LogP contribution in [0.3, 0.4) is 0 Å². The van der Waals surface area contributed by atoms with Crippen molar-refractivity contribution in [3.63, 3.8) is 0 Å². The zero-order valence-electron chi connectivity index (χ0n) is 9.20. The number of carbonyl (C=O) groups excluding carboxylic acids is 2. The molecule has 0 saturated heterocycles. The predicted molar refractivity (Wildman–Crippen MR) is 65.0 cm³/mol. The van der Waals surface area contributed by atoms with Crippen LogP contribution in [0.4, 0.5) is 0 Å². The minimum absolute atomic E-state index is 0.00161. The average molecular weight is 285 g/mol. The summed E-state index contributed by atoms with van der Waals surface area (Å²) in [7, 11) is 0.